The van der Waals surface area contributed by atoms with Crippen molar-refractivity contribution in [3.05, 3.63) is 48.0 Å². The van der Waals surface area contributed by atoms with E-state index in [0.717, 1.165) is 41.7 Å². The van der Waals surface area contributed by atoms with E-state index in [0.29, 0.717) is 32.7 Å². The second-order valence-corrected chi connectivity index (χ2v) is 10.8. The van der Waals surface area contributed by atoms with Crippen molar-refractivity contribution in [3.8, 4) is 17.2 Å². The van der Waals surface area contributed by atoms with Crippen LogP contribution in [-0.4, -0.2) is 77.6 Å². The predicted octanol–water partition coefficient (Wildman–Crippen LogP) is 3.65. The fraction of sp³-hybridized carbons (Fsp3) is 0.517. The summed E-state index contributed by atoms with van der Waals surface area (Å²) in [4.78, 5) is 18.0. The average molecular weight is 516 g/mol. The standard InChI is InChI=1S/C29H34FN7O/c1-36-16-22(30)13-23(36)17-38-29(8-9-31)18-32-10-11-37(29)28-25-7-6-20(12-27(25)34-19-35-28)26-15-33-14-21-4-2-3-5-24(21)26/h6-7,12,14-15,19,22-23,32H,2-5,8,10-11,13,16-18H2,1H3/t22-,23+,29?/m1/s1. The monoisotopic (exact) mass is 515 g/mol. The van der Waals surface area contributed by atoms with Crippen LogP contribution in [0.2, 0.25) is 0 Å². The van der Waals surface area contributed by atoms with Gasteiger partial charge in [0.25, 0.3) is 0 Å². The molecule has 2 aromatic heterocycles. The number of fused-ring (bicyclic) bond motifs is 2. The molecule has 1 aliphatic carbocycles. The molecule has 38 heavy (non-hydrogen) atoms. The van der Waals surface area contributed by atoms with Gasteiger partial charge in [0.2, 0.25) is 0 Å². The molecule has 0 amide bonds. The van der Waals surface area contributed by atoms with Crippen LogP contribution in [0.1, 0.15) is 36.8 Å². The highest BCUT2D eigenvalue weighted by Crippen LogP contribution is 2.36. The highest BCUT2D eigenvalue weighted by atomic mass is 19.1. The lowest BCUT2D eigenvalue weighted by Gasteiger charge is -2.47. The van der Waals surface area contributed by atoms with E-state index in [2.05, 4.69) is 44.5 Å². The molecule has 2 saturated heterocycles. The number of pyridine rings is 1. The second-order valence-electron chi connectivity index (χ2n) is 10.8. The minimum Gasteiger partial charge on any atom is -0.351 e. The predicted molar refractivity (Wildman–Crippen MR) is 144 cm³/mol. The summed E-state index contributed by atoms with van der Waals surface area (Å²) in [6, 6.07) is 8.66. The van der Waals surface area contributed by atoms with Crippen molar-refractivity contribution in [3.63, 3.8) is 0 Å². The van der Waals surface area contributed by atoms with Gasteiger partial charge in [-0.25, -0.2) is 14.4 Å². The summed E-state index contributed by atoms with van der Waals surface area (Å²) < 4.78 is 20.6. The van der Waals surface area contributed by atoms with Crippen LogP contribution in [0, 0.1) is 11.3 Å². The Morgan fingerprint density at radius 2 is 2.13 bits per heavy atom. The maximum Gasteiger partial charge on any atom is 0.167 e. The third-order valence-corrected chi connectivity index (χ3v) is 8.39. The van der Waals surface area contributed by atoms with E-state index in [4.69, 9.17) is 9.72 Å². The van der Waals surface area contributed by atoms with Crippen molar-refractivity contribution in [2.75, 3.05) is 44.7 Å². The number of aryl methyl sites for hydroxylation is 1. The molecule has 2 fully saturated rings. The molecular formula is C29H34FN7O. The average Bonchev–Trinajstić information content (AvgIpc) is 3.28. The number of piperazine rings is 1. The minimum absolute atomic E-state index is 0.0144. The van der Waals surface area contributed by atoms with E-state index in [1.54, 1.807) is 6.33 Å². The van der Waals surface area contributed by atoms with Crippen molar-refractivity contribution in [1.82, 2.24) is 25.2 Å². The van der Waals surface area contributed by atoms with Crippen LogP contribution < -0.4 is 10.2 Å². The molecular weight excluding hydrogens is 481 g/mol. The molecule has 0 radical (unpaired) electrons. The van der Waals surface area contributed by atoms with Crippen LogP contribution in [0.5, 0.6) is 0 Å². The van der Waals surface area contributed by atoms with Gasteiger partial charge >= 0.3 is 0 Å². The summed E-state index contributed by atoms with van der Waals surface area (Å²) in [6.45, 7) is 2.65. The molecule has 2 aliphatic heterocycles. The van der Waals surface area contributed by atoms with Gasteiger partial charge in [0.05, 0.1) is 24.6 Å². The summed E-state index contributed by atoms with van der Waals surface area (Å²) in [6.07, 6.45) is 9.93. The zero-order chi connectivity index (χ0) is 26.1. The molecule has 3 aromatic rings. The SMILES string of the molecule is CN1C[C@H](F)C[C@H]1COC1(CC#N)CNCCN1c1ncnc2cc(-c3cncc4c3CCCC4)ccc12. The Morgan fingerprint density at radius 3 is 2.97 bits per heavy atom. The van der Waals surface area contributed by atoms with Gasteiger partial charge in [0.1, 0.15) is 18.3 Å². The third-order valence-electron chi connectivity index (χ3n) is 8.39. The summed E-state index contributed by atoms with van der Waals surface area (Å²) in [5, 5.41) is 14.1. The normalized spacial score (nSPS) is 25.9. The van der Waals surface area contributed by atoms with Crippen molar-refractivity contribution in [2.24, 2.45) is 0 Å². The Morgan fingerprint density at radius 1 is 1.24 bits per heavy atom. The number of nitriles is 1. The molecule has 1 N–H and O–H groups in total. The van der Waals surface area contributed by atoms with E-state index >= 15 is 0 Å². The molecule has 4 heterocycles. The first kappa shape index (κ1) is 25.1. The number of likely N-dealkylation sites (N-methyl/N-ethyl adjacent to an activating group) is 1. The Hall–Kier alpha value is -3.19. The first-order valence-corrected chi connectivity index (χ1v) is 13.6. The first-order valence-electron chi connectivity index (χ1n) is 13.6. The van der Waals surface area contributed by atoms with Gasteiger partial charge < -0.3 is 15.0 Å². The highest BCUT2D eigenvalue weighted by molar-refractivity contribution is 5.93. The molecule has 3 aliphatic rings. The largest absolute Gasteiger partial charge is 0.351 e. The van der Waals surface area contributed by atoms with Crippen molar-refractivity contribution in [2.45, 2.75) is 56.5 Å². The van der Waals surface area contributed by atoms with Crippen LogP contribution in [0.3, 0.4) is 0 Å². The molecule has 198 valence electrons. The lowest BCUT2D eigenvalue weighted by molar-refractivity contribution is -0.0670. The van der Waals surface area contributed by atoms with Gasteiger partial charge in [-0.05, 0) is 68.0 Å². The number of alkyl halides is 1. The Kier molecular flexibility index (Phi) is 6.95. The highest BCUT2D eigenvalue weighted by Gasteiger charge is 2.43. The number of halogens is 1. The quantitative estimate of drug-likeness (QED) is 0.532. The lowest BCUT2D eigenvalue weighted by atomic mass is 9.87. The second kappa shape index (κ2) is 10.5. The number of nitrogens with one attached hydrogen (secondary N) is 1. The van der Waals surface area contributed by atoms with E-state index in [9.17, 15) is 9.65 Å². The van der Waals surface area contributed by atoms with Crippen molar-refractivity contribution < 1.29 is 9.13 Å². The van der Waals surface area contributed by atoms with E-state index in [1.165, 1.54) is 29.5 Å². The minimum atomic E-state index is -0.898. The van der Waals surface area contributed by atoms with Crippen molar-refractivity contribution >= 4 is 16.7 Å². The van der Waals surface area contributed by atoms with Crippen LogP contribution in [0.4, 0.5) is 10.2 Å². The summed E-state index contributed by atoms with van der Waals surface area (Å²) in [7, 11) is 1.93. The van der Waals surface area contributed by atoms with Gasteiger partial charge in [0, 0.05) is 55.6 Å². The number of benzene rings is 1. The van der Waals surface area contributed by atoms with E-state index < -0.39 is 11.9 Å². The van der Waals surface area contributed by atoms with Gasteiger partial charge in [0.15, 0.2) is 5.72 Å². The molecule has 3 atom stereocenters. The number of hydrogen-bond acceptors (Lipinski definition) is 8. The molecule has 0 bridgehead atoms. The number of nitrogens with zero attached hydrogens (tertiary/aromatic N) is 6. The van der Waals surface area contributed by atoms with Gasteiger partial charge in [-0.3, -0.25) is 9.88 Å². The molecule has 0 spiro atoms. The van der Waals surface area contributed by atoms with Crippen LogP contribution in [-0.2, 0) is 17.6 Å². The molecule has 8 nitrogen and oxygen atoms in total. The topological polar surface area (TPSA) is 90.2 Å². The maximum absolute atomic E-state index is 14.0. The number of ether oxygens (including phenoxy) is 1. The Balaban J connectivity index is 1.35. The maximum atomic E-state index is 14.0. The van der Waals surface area contributed by atoms with Crippen molar-refractivity contribution in [1.29, 1.82) is 5.26 Å². The van der Waals surface area contributed by atoms with Gasteiger partial charge in [-0.1, -0.05) is 6.07 Å². The number of rotatable bonds is 6. The molecule has 1 unspecified atom stereocenters. The Bertz CT molecular complexity index is 1360. The van der Waals surface area contributed by atoms with Crippen LogP contribution in [0.15, 0.2) is 36.9 Å². The number of hydrogen-bond donors (Lipinski definition) is 1. The first-order chi connectivity index (χ1) is 18.6. The number of anilines is 1. The van der Waals surface area contributed by atoms with Gasteiger partial charge in [-0.15, -0.1) is 0 Å². The zero-order valence-corrected chi connectivity index (χ0v) is 21.9. The smallest absolute Gasteiger partial charge is 0.167 e. The van der Waals surface area contributed by atoms with Crippen LogP contribution in [0.25, 0.3) is 22.0 Å². The third kappa shape index (κ3) is 4.62. The van der Waals surface area contributed by atoms with E-state index in [-0.39, 0.29) is 12.5 Å². The molecule has 9 heteroatoms. The molecule has 0 saturated carbocycles. The molecule has 6 rings (SSSR count). The fourth-order valence-corrected chi connectivity index (χ4v) is 6.32. The number of likely N-dealkylation sites (tertiary alicyclic amines) is 1. The Labute approximate surface area is 222 Å². The summed E-state index contributed by atoms with van der Waals surface area (Å²) in [5.41, 5.74) is 4.99. The van der Waals surface area contributed by atoms with Gasteiger partial charge in [-0.2, -0.15) is 5.26 Å². The molecule has 1 aromatic carbocycles. The summed E-state index contributed by atoms with van der Waals surface area (Å²) in [5.74, 6) is 0.759. The summed E-state index contributed by atoms with van der Waals surface area (Å²) >= 11 is 0. The zero-order valence-electron chi connectivity index (χ0n) is 21.9. The fourth-order valence-electron chi connectivity index (χ4n) is 6.32. The van der Waals surface area contributed by atoms with E-state index in [1.807, 2.05) is 24.3 Å². The lowest BCUT2D eigenvalue weighted by Crippen LogP contribution is -2.64. The number of aromatic nitrogens is 3. The van der Waals surface area contributed by atoms with Crippen LogP contribution >= 0.6 is 0 Å².